The third-order valence-electron chi connectivity index (χ3n) is 2.38. The maximum Gasteiger partial charge on any atom is 0.255 e. The number of aromatic hydroxyl groups is 2. The standard InChI is InChI=1S/C12H17NO4/c14-8-3-1-2-7-13-12(17)9-5-4-6-10(15)11(9)16/h4-6,14-16H,1-3,7-8H2,(H,13,17). The second kappa shape index (κ2) is 6.75. The van der Waals surface area contributed by atoms with E-state index in [1.54, 1.807) is 0 Å². The SMILES string of the molecule is O=C(NCCCCCO)c1cccc(O)c1O. The molecular weight excluding hydrogens is 222 g/mol. The van der Waals surface area contributed by atoms with Gasteiger partial charge in [0.1, 0.15) is 0 Å². The minimum atomic E-state index is -0.414. The first-order chi connectivity index (χ1) is 8.16. The molecule has 94 valence electrons. The first kappa shape index (κ1) is 13.3. The van der Waals surface area contributed by atoms with Gasteiger partial charge in [-0.25, -0.2) is 0 Å². The topological polar surface area (TPSA) is 89.8 Å². The first-order valence-electron chi connectivity index (χ1n) is 5.57. The van der Waals surface area contributed by atoms with Gasteiger partial charge in [0, 0.05) is 13.2 Å². The van der Waals surface area contributed by atoms with E-state index in [1.165, 1.54) is 18.2 Å². The molecule has 0 saturated heterocycles. The van der Waals surface area contributed by atoms with Gasteiger partial charge in [-0.15, -0.1) is 0 Å². The molecule has 0 aliphatic carbocycles. The lowest BCUT2D eigenvalue weighted by atomic mass is 10.1. The van der Waals surface area contributed by atoms with Gasteiger partial charge in [0.05, 0.1) is 5.56 Å². The zero-order chi connectivity index (χ0) is 12.7. The Morgan fingerprint density at radius 1 is 1.18 bits per heavy atom. The van der Waals surface area contributed by atoms with Crippen molar-refractivity contribution < 1.29 is 20.1 Å². The maximum absolute atomic E-state index is 11.6. The highest BCUT2D eigenvalue weighted by Gasteiger charge is 2.12. The summed E-state index contributed by atoms with van der Waals surface area (Å²) >= 11 is 0. The van der Waals surface area contributed by atoms with Crippen molar-refractivity contribution in [2.45, 2.75) is 19.3 Å². The van der Waals surface area contributed by atoms with Gasteiger partial charge in [0.2, 0.25) is 0 Å². The number of carbonyl (C=O) groups excluding carboxylic acids is 1. The molecule has 0 bridgehead atoms. The fourth-order valence-corrected chi connectivity index (χ4v) is 1.43. The van der Waals surface area contributed by atoms with Crippen molar-refractivity contribution in [2.75, 3.05) is 13.2 Å². The lowest BCUT2D eigenvalue weighted by Gasteiger charge is -2.07. The van der Waals surface area contributed by atoms with Crippen molar-refractivity contribution in [1.82, 2.24) is 5.32 Å². The van der Waals surface area contributed by atoms with E-state index in [2.05, 4.69) is 5.32 Å². The predicted molar refractivity (Wildman–Crippen MR) is 63.0 cm³/mol. The summed E-state index contributed by atoms with van der Waals surface area (Å²) in [7, 11) is 0. The fourth-order valence-electron chi connectivity index (χ4n) is 1.43. The van der Waals surface area contributed by atoms with Crippen molar-refractivity contribution in [3.8, 4) is 11.5 Å². The van der Waals surface area contributed by atoms with Crippen LogP contribution in [0.25, 0.3) is 0 Å². The number of hydrogen-bond donors (Lipinski definition) is 4. The van der Waals surface area contributed by atoms with E-state index in [0.29, 0.717) is 13.0 Å². The van der Waals surface area contributed by atoms with Gasteiger partial charge in [-0.05, 0) is 31.4 Å². The molecule has 0 heterocycles. The molecule has 5 heteroatoms. The summed E-state index contributed by atoms with van der Waals surface area (Å²) in [5.41, 5.74) is 0.0622. The van der Waals surface area contributed by atoms with Crippen LogP contribution in [0.5, 0.6) is 11.5 Å². The molecule has 1 amide bonds. The number of amides is 1. The molecule has 1 rings (SSSR count). The lowest BCUT2D eigenvalue weighted by Crippen LogP contribution is -2.24. The Morgan fingerprint density at radius 3 is 2.65 bits per heavy atom. The Morgan fingerprint density at radius 2 is 1.94 bits per heavy atom. The van der Waals surface area contributed by atoms with E-state index in [0.717, 1.165) is 12.8 Å². The zero-order valence-electron chi connectivity index (χ0n) is 9.52. The van der Waals surface area contributed by atoms with Crippen LogP contribution in [0.15, 0.2) is 18.2 Å². The number of phenolic OH excluding ortho intramolecular Hbond substituents is 2. The predicted octanol–water partition coefficient (Wildman–Crippen LogP) is 0.990. The summed E-state index contributed by atoms with van der Waals surface area (Å²) in [4.78, 5) is 11.6. The maximum atomic E-state index is 11.6. The lowest BCUT2D eigenvalue weighted by molar-refractivity contribution is 0.0949. The average Bonchev–Trinajstić information content (AvgIpc) is 2.32. The summed E-state index contributed by atoms with van der Waals surface area (Å²) in [5.74, 6) is -1.12. The molecule has 4 N–H and O–H groups in total. The minimum absolute atomic E-state index is 0.0622. The van der Waals surface area contributed by atoms with Gasteiger partial charge in [0.25, 0.3) is 5.91 Å². The number of phenols is 2. The van der Waals surface area contributed by atoms with E-state index in [1.807, 2.05) is 0 Å². The van der Waals surface area contributed by atoms with Crippen molar-refractivity contribution >= 4 is 5.91 Å². The summed E-state index contributed by atoms with van der Waals surface area (Å²) in [6, 6.07) is 4.25. The van der Waals surface area contributed by atoms with Crippen molar-refractivity contribution in [2.24, 2.45) is 0 Å². The highest BCUT2D eigenvalue weighted by molar-refractivity contribution is 5.97. The van der Waals surface area contributed by atoms with E-state index in [9.17, 15) is 15.0 Å². The van der Waals surface area contributed by atoms with Gasteiger partial charge in [-0.2, -0.15) is 0 Å². The van der Waals surface area contributed by atoms with Gasteiger partial charge < -0.3 is 20.6 Å². The third kappa shape index (κ3) is 3.96. The minimum Gasteiger partial charge on any atom is -0.504 e. The summed E-state index contributed by atoms with van der Waals surface area (Å²) in [5, 5.41) is 29.9. The summed E-state index contributed by atoms with van der Waals surface area (Å²) in [6.45, 7) is 0.634. The van der Waals surface area contributed by atoms with Gasteiger partial charge in [-0.3, -0.25) is 4.79 Å². The number of aliphatic hydroxyl groups is 1. The molecule has 0 aliphatic rings. The number of rotatable bonds is 6. The van der Waals surface area contributed by atoms with E-state index >= 15 is 0 Å². The largest absolute Gasteiger partial charge is 0.504 e. The Labute approximate surface area is 99.7 Å². The number of carbonyl (C=O) groups is 1. The molecule has 0 fully saturated rings. The molecule has 0 aromatic heterocycles. The monoisotopic (exact) mass is 239 g/mol. The molecule has 0 unspecified atom stereocenters. The average molecular weight is 239 g/mol. The number of aliphatic hydroxyl groups excluding tert-OH is 1. The molecule has 0 saturated carbocycles. The Bertz CT molecular complexity index is 379. The molecular formula is C12H17NO4. The highest BCUT2D eigenvalue weighted by atomic mass is 16.3. The first-order valence-corrected chi connectivity index (χ1v) is 5.57. The smallest absolute Gasteiger partial charge is 0.255 e. The van der Waals surface area contributed by atoms with Crippen LogP contribution in [0.2, 0.25) is 0 Å². The van der Waals surface area contributed by atoms with E-state index in [-0.39, 0.29) is 17.9 Å². The highest BCUT2D eigenvalue weighted by Crippen LogP contribution is 2.27. The normalized spacial score (nSPS) is 10.2. The van der Waals surface area contributed by atoms with Crippen LogP contribution < -0.4 is 5.32 Å². The fraction of sp³-hybridized carbons (Fsp3) is 0.417. The van der Waals surface area contributed by atoms with Gasteiger partial charge in [-0.1, -0.05) is 6.07 Å². The molecule has 0 atom stereocenters. The van der Waals surface area contributed by atoms with Crippen LogP contribution in [0.4, 0.5) is 0 Å². The van der Waals surface area contributed by atoms with Crippen LogP contribution in [-0.2, 0) is 0 Å². The van der Waals surface area contributed by atoms with Crippen LogP contribution in [0.1, 0.15) is 29.6 Å². The van der Waals surface area contributed by atoms with Crippen LogP contribution in [0, 0.1) is 0 Å². The van der Waals surface area contributed by atoms with Crippen molar-refractivity contribution in [3.63, 3.8) is 0 Å². The molecule has 1 aromatic rings. The molecule has 17 heavy (non-hydrogen) atoms. The van der Waals surface area contributed by atoms with Gasteiger partial charge >= 0.3 is 0 Å². The molecule has 0 radical (unpaired) electrons. The number of para-hydroxylation sites is 1. The summed E-state index contributed by atoms with van der Waals surface area (Å²) in [6.07, 6.45) is 2.32. The Kier molecular flexibility index (Phi) is 5.29. The number of nitrogens with one attached hydrogen (secondary N) is 1. The zero-order valence-corrected chi connectivity index (χ0v) is 9.52. The van der Waals surface area contributed by atoms with E-state index < -0.39 is 11.7 Å². The van der Waals surface area contributed by atoms with Crippen LogP contribution in [0.3, 0.4) is 0 Å². The second-order valence-corrected chi connectivity index (χ2v) is 3.71. The molecule has 5 nitrogen and oxygen atoms in total. The van der Waals surface area contributed by atoms with Gasteiger partial charge in [0.15, 0.2) is 11.5 Å². The van der Waals surface area contributed by atoms with Crippen molar-refractivity contribution in [1.29, 1.82) is 0 Å². The quantitative estimate of drug-likeness (QED) is 0.440. The van der Waals surface area contributed by atoms with Crippen molar-refractivity contribution in [3.05, 3.63) is 23.8 Å². The number of benzene rings is 1. The second-order valence-electron chi connectivity index (χ2n) is 3.71. The molecule has 0 spiro atoms. The molecule has 0 aliphatic heterocycles. The van der Waals surface area contributed by atoms with Crippen LogP contribution >= 0.6 is 0 Å². The summed E-state index contributed by atoms with van der Waals surface area (Å²) < 4.78 is 0. The molecule has 1 aromatic carbocycles. The number of unbranched alkanes of at least 4 members (excludes halogenated alkanes) is 2. The number of hydrogen-bond acceptors (Lipinski definition) is 4. The van der Waals surface area contributed by atoms with Crippen LogP contribution in [-0.4, -0.2) is 34.4 Å². The Hall–Kier alpha value is -1.75. The van der Waals surface area contributed by atoms with E-state index in [4.69, 9.17) is 5.11 Å². The third-order valence-corrected chi connectivity index (χ3v) is 2.38. The Balaban J connectivity index is 2.44.